The molecule has 2 aliphatic heterocycles. The Hall–Kier alpha value is -2.24. The number of hydrogen-bond acceptors (Lipinski definition) is 3. The molecule has 3 aliphatic rings. The number of urea groups is 1. The van der Waals surface area contributed by atoms with Crippen LogP contribution in [0.1, 0.15) is 51.9 Å². The number of anilines is 1. The molecule has 146 valence electrons. The molecule has 1 saturated carbocycles. The largest absolute Gasteiger partial charge is 0.494 e. The van der Waals surface area contributed by atoms with Gasteiger partial charge in [0, 0.05) is 29.7 Å². The molecule has 1 unspecified atom stereocenters. The molecule has 2 N–H and O–H groups in total. The van der Waals surface area contributed by atoms with Crippen LogP contribution < -0.4 is 15.4 Å². The molecule has 0 spiro atoms. The van der Waals surface area contributed by atoms with Gasteiger partial charge in [-0.2, -0.15) is 0 Å². The third-order valence-electron chi connectivity index (χ3n) is 5.92. The van der Waals surface area contributed by atoms with E-state index in [1.54, 1.807) is 0 Å². The van der Waals surface area contributed by atoms with Crippen LogP contribution in [-0.4, -0.2) is 41.6 Å². The molecule has 3 fully saturated rings. The van der Waals surface area contributed by atoms with Gasteiger partial charge in [0.25, 0.3) is 0 Å². The first-order valence-corrected chi connectivity index (χ1v) is 10.3. The number of carbonyl (C=O) groups excluding carboxylic acids is 2. The minimum absolute atomic E-state index is 0.0270. The van der Waals surface area contributed by atoms with E-state index >= 15 is 0 Å². The van der Waals surface area contributed by atoms with Gasteiger partial charge in [-0.1, -0.05) is 0 Å². The highest BCUT2D eigenvalue weighted by Crippen LogP contribution is 2.36. The van der Waals surface area contributed by atoms with Gasteiger partial charge >= 0.3 is 6.03 Å². The van der Waals surface area contributed by atoms with Crippen LogP contribution in [0.2, 0.25) is 0 Å². The lowest BCUT2D eigenvalue weighted by Gasteiger charge is -2.48. The predicted octanol–water partition coefficient (Wildman–Crippen LogP) is 3.53. The molecule has 1 aromatic rings. The number of piperidine rings is 2. The Morgan fingerprint density at radius 3 is 2.33 bits per heavy atom. The van der Waals surface area contributed by atoms with E-state index in [1.807, 2.05) is 36.1 Å². The van der Waals surface area contributed by atoms with E-state index in [4.69, 9.17) is 4.74 Å². The number of hydrogen-bond donors (Lipinski definition) is 2. The fourth-order valence-electron chi connectivity index (χ4n) is 4.48. The third kappa shape index (κ3) is 4.20. The maximum absolute atomic E-state index is 12.9. The van der Waals surface area contributed by atoms with Crippen molar-refractivity contribution < 1.29 is 14.3 Å². The minimum atomic E-state index is -0.0270. The first kappa shape index (κ1) is 18.1. The molecule has 27 heavy (non-hydrogen) atoms. The quantitative estimate of drug-likeness (QED) is 0.832. The van der Waals surface area contributed by atoms with Crippen LogP contribution in [0.4, 0.5) is 10.5 Å². The number of rotatable bonds is 5. The van der Waals surface area contributed by atoms with Gasteiger partial charge in [-0.05, 0) is 76.1 Å². The highest BCUT2D eigenvalue weighted by molar-refractivity contribution is 5.90. The van der Waals surface area contributed by atoms with Crippen molar-refractivity contribution in [2.24, 2.45) is 5.92 Å². The molecule has 3 amide bonds. The van der Waals surface area contributed by atoms with E-state index in [1.165, 1.54) is 0 Å². The van der Waals surface area contributed by atoms with Gasteiger partial charge in [0.15, 0.2) is 0 Å². The van der Waals surface area contributed by atoms with Crippen molar-refractivity contribution in [1.82, 2.24) is 10.2 Å². The average molecular weight is 371 g/mol. The predicted molar refractivity (Wildman–Crippen MR) is 104 cm³/mol. The number of fused-ring (bicyclic) bond motifs is 2. The van der Waals surface area contributed by atoms with Crippen LogP contribution in [0.3, 0.4) is 0 Å². The van der Waals surface area contributed by atoms with Gasteiger partial charge in [-0.15, -0.1) is 0 Å². The summed E-state index contributed by atoms with van der Waals surface area (Å²) in [7, 11) is 0. The number of nitrogens with one attached hydrogen (secondary N) is 2. The highest BCUT2D eigenvalue weighted by atomic mass is 16.5. The molecule has 1 aromatic carbocycles. The molecule has 0 radical (unpaired) electrons. The van der Waals surface area contributed by atoms with Crippen molar-refractivity contribution in [3.05, 3.63) is 24.3 Å². The van der Waals surface area contributed by atoms with Crippen molar-refractivity contribution in [3.8, 4) is 5.75 Å². The molecule has 6 nitrogen and oxygen atoms in total. The van der Waals surface area contributed by atoms with Crippen LogP contribution in [0.15, 0.2) is 24.3 Å². The number of benzene rings is 1. The second-order valence-electron chi connectivity index (χ2n) is 7.98. The summed E-state index contributed by atoms with van der Waals surface area (Å²) in [5.41, 5.74) is 0.783. The summed E-state index contributed by atoms with van der Waals surface area (Å²) in [6, 6.07) is 8.11. The van der Waals surface area contributed by atoms with Gasteiger partial charge in [0.05, 0.1) is 6.61 Å². The van der Waals surface area contributed by atoms with E-state index in [0.717, 1.165) is 56.4 Å². The highest BCUT2D eigenvalue weighted by Gasteiger charge is 2.42. The molecule has 3 atom stereocenters. The monoisotopic (exact) mass is 371 g/mol. The Bertz CT molecular complexity index is 672. The zero-order valence-electron chi connectivity index (χ0n) is 15.9. The van der Waals surface area contributed by atoms with Gasteiger partial charge in [-0.3, -0.25) is 4.79 Å². The molecular formula is C21H29N3O3. The van der Waals surface area contributed by atoms with E-state index in [9.17, 15) is 9.59 Å². The smallest absolute Gasteiger partial charge is 0.322 e. The van der Waals surface area contributed by atoms with E-state index in [2.05, 4.69) is 10.6 Å². The Morgan fingerprint density at radius 2 is 1.74 bits per heavy atom. The van der Waals surface area contributed by atoms with E-state index < -0.39 is 0 Å². The molecule has 0 aromatic heterocycles. The summed E-state index contributed by atoms with van der Waals surface area (Å²) < 4.78 is 5.45. The number of amides is 3. The van der Waals surface area contributed by atoms with Crippen molar-refractivity contribution in [2.45, 2.75) is 70.0 Å². The van der Waals surface area contributed by atoms with Gasteiger partial charge in [-0.25, -0.2) is 4.79 Å². The molecule has 2 bridgehead atoms. The second-order valence-corrected chi connectivity index (χ2v) is 7.98. The van der Waals surface area contributed by atoms with Gasteiger partial charge in [0.1, 0.15) is 5.75 Å². The molecular weight excluding hydrogens is 342 g/mol. The standard InChI is InChI=1S/C21H29N3O3/c1-2-27-19-10-8-15(9-11-19)23-21(26)24-17-4-3-5-18(24)13-16(12-17)22-20(25)14-6-7-14/h8-11,14,16-18H,2-7,12-13H2,1H3,(H,22,25)(H,23,26)/t16?,17-,18+. The summed E-state index contributed by atoms with van der Waals surface area (Å²) in [6.07, 6.45) is 6.98. The van der Waals surface area contributed by atoms with Crippen molar-refractivity contribution >= 4 is 17.6 Å². The Morgan fingerprint density at radius 1 is 1.07 bits per heavy atom. The maximum Gasteiger partial charge on any atom is 0.322 e. The topological polar surface area (TPSA) is 70.7 Å². The average Bonchev–Trinajstić information content (AvgIpc) is 3.48. The molecule has 2 heterocycles. The van der Waals surface area contributed by atoms with Gasteiger partial charge in [0.2, 0.25) is 5.91 Å². The Kier molecular flexibility index (Phi) is 5.23. The number of carbonyl (C=O) groups is 2. The summed E-state index contributed by atoms with van der Waals surface area (Å²) in [6.45, 7) is 2.58. The van der Waals surface area contributed by atoms with Crippen LogP contribution in [0.5, 0.6) is 5.75 Å². The first-order chi connectivity index (χ1) is 13.1. The lowest BCUT2D eigenvalue weighted by molar-refractivity contribution is -0.123. The fourth-order valence-corrected chi connectivity index (χ4v) is 4.48. The SMILES string of the molecule is CCOc1ccc(NC(=O)N2[C@@H]3CCC[C@H]2CC(NC(=O)C2CC2)C3)cc1. The van der Waals surface area contributed by atoms with Crippen molar-refractivity contribution in [2.75, 3.05) is 11.9 Å². The summed E-state index contributed by atoms with van der Waals surface area (Å²) in [5, 5.41) is 6.26. The molecule has 2 saturated heterocycles. The molecule has 1 aliphatic carbocycles. The Balaban J connectivity index is 1.37. The van der Waals surface area contributed by atoms with E-state index in [0.29, 0.717) is 6.61 Å². The third-order valence-corrected chi connectivity index (χ3v) is 5.92. The minimum Gasteiger partial charge on any atom is -0.494 e. The molecule has 4 rings (SSSR count). The second kappa shape index (κ2) is 7.79. The zero-order chi connectivity index (χ0) is 18.8. The zero-order valence-corrected chi connectivity index (χ0v) is 15.9. The summed E-state index contributed by atoms with van der Waals surface area (Å²) in [5.74, 6) is 1.26. The van der Waals surface area contributed by atoms with Crippen LogP contribution in [-0.2, 0) is 4.79 Å². The first-order valence-electron chi connectivity index (χ1n) is 10.3. The lowest BCUT2D eigenvalue weighted by atomic mass is 9.82. The van der Waals surface area contributed by atoms with Gasteiger partial charge < -0.3 is 20.3 Å². The van der Waals surface area contributed by atoms with Crippen molar-refractivity contribution in [1.29, 1.82) is 0 Å². The summed E-state index contributed by atoms with van der Waals surface area (Å²) in [4.78, 5) is 27.1. The number of ether oxygens (including phenoxy) is 1. The van der Waals surface area contributed by atoms with E-state index in [-0.39, 0.29) is 36.0 Å². The van der Waals surface area contributed by atoms with Crippen LogP contribution >= 0.6 is 0 Å². The fraction of sp³-hybridized carbons (Fsp3) is 0.619. The maximum atomic E-state index is 12.9. The number of nitrogens with zero attached hydrogens (tertiary/aromatic N) is 1. The normalized spacial score (nSPS) is 27.0. The van der Waals surface area contributed by atoms with Crippen molar-refractivity contribution in [3.63, 3.8) is 0 Å². The molecule has 6 heteroatoms. The summed E-state index contributed by atoms with van der Waals surface area (Å²) >= 11 is 0. The lowest BCUT2D eigenvalue weighted by Crippen LogP contribution is -2.59. The van der Waals surface area contributed by atoms with Crippen LogP contribution in [0, 0.1) is 5.92 Å². The van der Waals surface area contributed by atoms with Crippen LogP contribution in [0.25, 0.3) is 0 Å². The Labute approximate surface area is 160 Å².